The van der Waals surface area contributed by atoms with Gasteiger partial charge in [0.15, 0.2) is 0 Å². The molecule has 10 heteroatoms. The molecule has 1 unspecified atom stereocenters. The lowest BCUT2D eigenvalue weighted by Crippen LogP contribution is -2.45. The summed E-state index contributed by atoms with van der Waals surface area (Å²) >= 11 is 6.31. The molecule has 2 aromatic rings. The van der Waals surface area contributed by atoms with Gasteiger partial charge in [-0.1, -0.05) is 11.6 Å². The van der Waals surface area contributed by atoms with Gasteiger partial charge in [-0.15, -0.1) is 0 Å². The second kappa shape index (κ2) is 6.65. The first kappa shape index (κ1) is 18.3. The number of aromatic nitrogens is 2. The van der Waals surface area contributed by atoms with E-state index in [-0.39, 0.29) is 16.9 Å². The molecule has 1 aliphatic heterocycles. The van der Waals surface area contributed by atoms with Crippen LogP contribution < -0.4 is 4.90 Å². The number of halogens is 1. The Balaban J connectivity index is 2.14. The summed E-state index contributed by atoms with van der Waals surface area (Å²) in [5, 5.41) is 1.22. The number of hydrogen-bond acceptors (Lipinski definition) is 6. The molecule has 2 aromatic heterocycles. The fraction of sp³-hybridized carbons (Fsp3) is 0.467. The third-order valence-electron chi connectivity index (χ3n) is 4.50. The van der Waals surface area contributed by atoms with Gasteiger partial charge >= 0.3 is 0 Å². The number of pyridine rings is 1. The van der Waals surface area contributed by atoms with Crippen molar-refractivity contribution in [2.75, 3.05) is 37.9 Å². The van der Waals surface area contributed by atoms with Gasteiger partial charge in [-0.25, -0.2) is 10.0 Å². The topological polar surface area (TPSA) is 90.5 Å². The van der Waals surface area contributed by atoms with Crippen molar-refractivity contribution in [3.8, 4) is 0 Å². The summed E-state index contributed by atoms with van der Waals surface area (Å²) in [4.78, 5) is 23.9. The van der Waals surface area contributed by atoms with E-state index in [0.29, 0.717) is 35.0 Å². The van der Waals surface area contributed by atoms with Crippen molar-refractivity contribution < 1.29 is 18.7 Å². The van der Waals surface area contributed by atoms with E-state index in [1.54, 1.807) is 29.9 Å². The van der Waals surface area contributed by atoms with E-state index in [1.165, 1.54) is 14.2 Å². The second-order valence-corrected chi connectivity index (χ2v) is 9.10. The van der Waals surface area contributed by atoms with Crippen LogP contribution in [0.5, 0.6) is 0 Å². The van der Waals surface area contributed by atoms with Gasteiger partial charge in [-0.3, -0.25) is 23.1 Å². The molecule has 2 N–H and O–H groups in total. The smallest absolute Gasteiger partial charge is 0.280 e. The molecule has 8 nitrogen and oxygen atoms in total. The lowest BCUT2D eigenvalue weighted by Gasteiger charge is -2.47. The SMILES string of the molecule is CON(C)C(=O)c1cc(Cl)c2cncn2c1N1CCS(O)(O)C(C)C1. The van der Waals surface area contributed by atoms with Crippen LogP contribution >= 0.6 is 22.2 Å². The number of nitrogens with zero attached hydrogens (tertiary/aromatic N) is 4. The first-order chi connectivity index (χ1) is 11.8. The third-order valence-corrected chi connectivity index (χ3v) is 7.02. The summed E-state index contributed by atoms with van der Waals surface area (Å²) in [7, 11) is 0.314. The van der Waals surface area contributed by atoms with Crippen LogP contribution in [0.4, 0.5) is 5.82 Å². The molecule has 1 fully saturated rings. The summed E-state index contributed by atoms with van der Waals surface area (Å²) in [6.45, 7) is 2.62. The van der Waals surface area contributed by atoms with Crippen LogP contribution in [-0.2, 0) is 4.84 Å². The van der Waals surface area contributed by atoms with E-state index < -0.39 is 10.6 Å². The van der Waals surface area contributed by atoms with Gasteiger partial charge in [0.25, 0.3) is 5.91 Å². The Morgan fingerprint density at radius 2 is 2.24 bits per heavy atom. The van der Waals surface area contributed by atoms with Gasteiger partial charge in [0, 0.05) is 20.1 Å². The number of carbonyl (C=O) groups is 1. The molecule has 3 rings (SSSR count). The van der Waals surface area contributed by atoms with Crippen LogP contribution in [0.25, 0.3) is 5.52 Å². The molecule has 1 aliphatic rings. The molecular weight excluding hydrogens is 368 g/mol. The van der Waals surface area contributed by atoms with Gasteiger partial charge in [0.05, 0.1) is 40.4 Å². The Hall–Kier alpha value is -1.52. The summed E-state index contributed by atoms with van der Waals surface area (Å²) < 4.78 is 22.0. The quantitative estimate of drug-likeness (QED) is 0.785. The molecule has 1 saturated heterocycles. The zero-order valence-electron chi connectivity index (χ0n) is 14.2. The molecule has 25 heavy (non-hydrogen) atoms. The van der Waals surface area contributed by atoms with Crippen molar-refractivity contribution in [2.24, 2.45) is 0 Å². The Bertz CT molecular complexity index is 812. The first-order valence-electron chi connectivity index (χ1n) is 7.72. The molecule has 1 atom stereocenters. The van der Waals surface area contributed by atoms with Gasteiger partial charge in [-0.05, 0) is 13.0 Å². The number of imidazole rings is 1. The minimum Gasteiger partial charge on any atom is -0.354 e. The Morgan fingerprint density at radius 1 is 1.52 bits per heavy atom. The number of rotatable bonds is 3. The van der Waals surface area contributed by atoms with Crippen molar-refractivity contribution in [3.05, 3.63) is 29.2 Å². The zero-order valence-corrected chi connectivity index (χ0v) is 15.8. The number of amides is 1. The molecule has 0 aromatic carbocycles. The summed E-state index contributed by atoms with van der Waals surface area (Å²) in [6, 6.07) is 1.60. The molecular formula is C15H21ClN4O4S. The minimum atomic E-state index is -2.62. The lowest BCUT2D eigenvalue weighted by atomic mass is 10.2. The third kappa shape index (κ3) is 3.18. The predicted molar refractivity (Wildman–Crippen MR) is 98.7 cm³/mol. The number of carbonyl (C=O) groups excluding carboxylic acids is 1. The van der Waals surface area contributed by atoms with Crippen LogP contribution in [0.3, 0.4) is 0 Å². The van der Waals surface area contributed by atoms with Crippen LogP contribution in [0.1, 0.15) is 17.3 Å². The van der Waals surface area contributed by atoms with Gasteiger partial charge in [0.1, 0.15) is 12.1 Å². The number of fused-ring (bicyclic) bond motifs is 1. The first-order valence-corrected chi connectivity index (χ1v) is 9.88. The highest BCUT2D eigenvalue weighted by Gasteiger charge is 2.33. The molecule has 0 bridgehead atoms. The fourth-order valence-electron chi connectivity index (χ4n) is 2.93. The largest absolute Gasteiger partial charge is 0.354 e. The maximum atomic E-state index is 12.8. The van der Waals surface area contributed by atoms with E-state index in [1.807, 2.05) is 4.90 Å². The van der Waals surface area contributed by atoms with Crippen molar-refractivity contribution in [1.82, 2.24) is 14.4 Å². The Labute approximate surface area is 152 Å². The van der Waals surface area contributed by atoms with Crippen molar-refractivity contribution in [2.45, 2.75) is 12.2 Å². The van der Waals surface area contributed by atoms with Crippen molar-refractivity contribution >= 4 is 39.4 Å². The molecule has 0 aliphatic carbocycles. The molecule has 3 heterocycles. The highest BCUT2D eigenvalue weighted by atomic mass is 35.5. The minimum absolute atomic E-state index is 0.251. The lowest BCUT2D eigenvalue weighted by molar-refractivity contribution is -0.0756. The highest BCUT2D eigenvalue weighted by Crippen LogP contribution is 2.47. The molecule has 1 amide bonds. The number of hydrogen-bond donors (Lipinski definition) is 2. The molecule has 0 spiro atoms. The van der Waals surface area contributed by atoms with E-state index >= 15 is 0 Å². The van der Waals surface area contributed by atoms with Gasteiger partial charge in [0.2, 0.25) is 0 Å². The fourth-order valence-corrected chi connectivity index (χ4v) is 4.49. The predicted octanol–water partition coefficient (Wildman–Crippen LogP) is 2.58. The van der Waals surface area contributed by atoms with Gasteiger partial charge in [-0.2, -0.15) is 10.6 Å². The van der Waals surface area contributed by atoms with Crippen LogP contribution in [0.2, 0.25) is 5.02 Å². The average molecular weight is 389 g/mol. The normalized spacial score (nSPS) is 21.4. The summed E-state index contributed by atoms with van der Waals surface area (Å²) in [5.74, 6) is 0.521. The Morgan fingerprint density at radius 3 is 2.88 bits per heavy atom. The van der Waals surface area contributed by atoms with Crippen molar-refractivity contribution in [3.63, 3.8) is 0 Å². The van der Waals surface area contributed by atoms with Crippen LogP contribution in [-0.4, -0.2) is 67.7 Å². The summed E-state index contributed by atoms with van der Waals surface area (Å²) in [5.41, 5.74) is 1.04. The van der Waals surface area contributed by atoms with Crippen molar-refractivity contribution in [1.29, 1.82) is 0 Å². The van der Waals surface area contributed by atoms with E-state index in [0.717, 1.165) is 5.06 Å². The Kier molecular flexibility index (Phi) is 4.86. The van der Waals surface area contributed by atoms with E-state index in [2.05, 4.69) is 4.98 Å². The monoisotopic (exact) mass is 388 g/mol. The number of hydroxylamine groups is 2. The van der Waals surface area contributed by atoms with E-state index in [4.69, 9.17) is 16.4 Å². The molecule has 138 valence electrons. The highest BCUT2D eigenvalue weighted by molar-refractivity contribution is 8.24. The van der Waals surface area contributed by atoms with Crippen LogP contribution in [0, 0.1) is 0 Å². The van der Waals surface area contributed by atoms with Crippen LogP contribution in [0.15, 0.2) is 18.6 Å². The standard InChI is InChI=1S/C15H21ClN4O4S/c1-10-8-19(4-5-25(10,22)23)14-11(15(21)18(2)24-3)6-12(16)13-7-17-9-20(13)14/h6-7,9-10,22-23H,4-5,8H2,1-3H3. The average Bonchev–Trinajstić information content (AvgIpc) is 3.06. The van der Waals surface area contributed by atoms with E-state index in [9.17, 15) is 13.9 Å². The maximum absolute atomic E-state index is 12.8. The molecule has 0 radical (unpaired) electrons. The maximum Gasteiger partial charge on any atom is 0.280 e. The zero-order chi connectivity index (χ0) is 18.4. The second-order valence-electron chi connectivity index (χ2n) is 6.04. The van der Waals surface area contributed by atoms with Gasteiger partial charge < -0.3 is 4.90 Å². The number of anilines is 1. The molecule has 0 saturated carbocycles. The summed E-state index contributed by atoms with van der Waals surface area (Å²) in [6.07, 6.45) is 3.22.